The lowest BCUT2D eigenvalue weighted by Gasteiger charge is -2.23. The predicted molar refractivity (Wildman–Crippen MR) is 75.1 cm³/mol. The molecule has 2 N–H and O–H groups in total. The second-order valence-electron chi connectivity index (χ2n) is 4.49. The minimum atomic E-state index is -3.75. The van der Waals surface area contributed by atoms with Crippen molar-refractivity contribution in [2.45, 2.75) is 30.5 Å². The van der Waals surface area contributed by atoms with Crippen molar-refractivity contribution in [1.29, 1.82) is 0 Å². The van der Waals surface area contributed by atoms with E-state index in [0.717, 1.165) is 0 Å². The summed E-state index contributed by atoms with van der Waals surface area (Å²) in [5.74, 6) is 0. The molecule has 0 unspecified atom stereocenters. The van der Waals surface area contributed by atoms with Crippen molar-refractivity contribution in [3.05, 3.63) is 31.9 Å². The molecule has 0 saturated carbocycles. The van der Waals surface area contributed by atoms with Crippen molar-refractivity contribution in [1.82, 2.24) is 14.7 Å². The molecule has 9 heteroatoms. The summed E-state index contributed by atoms with van der Waals surface area (Å²) in [6, 6.07) is 0. The number of H-pyrrole nitrogens is 1. The fourth-order valence-corrected chi connectivity index (χ4v) is 5.07. The van der Waals surface area contributed by atoms with Crippen molar-refractivity contribution in [3.8, 4) is 0 Å². The van der Waals surface area contributed by atoms with Gasteiger partial charge in [0.15, 0.2) is 4.21 Å². The first-order valence-electron chi connectivity index (χ1n) is 5.36. The molecule has 2 heterocycles. The van der Waals surface area contributed by atoms with Crippen molar-refractivity contribution in [2.75, 3.05) is 0 Å². The average Bonchev–Trinajstić information content (AvgIpc) is 2.86. The van der Waals surface area contributed by atoms with Gasteiger partial charge in [-0.05, 0) is 20.8 Å². The first-order chi connectivity index (χ1) is 8.72. The van der Waals surface area contributed by atoms with Gasteiger partial charge in [-0.1, -0.05) is 11.3 Å². The van der Waals surface area contributed by atoms with Crippen LogP contribution >= 0.6 is 22.7 Å². The average molecular weight is 319 g/mol. The molecule has 0 saturated heterocycles. The van der Waals surface area contributed by atoms with Crippen LogP contribution in [-0.4, -0.2) is 18.4 Å². The third-order valence-corrected chi connectivity index (χ3v) is 6.74. The normalized spacial score (nSPS) is 12.8. The molecule has 19 heavy (non-hydrogen) atoms. The first kappa shape index (κ1) is 14.4. The zero-order valence-corrected chi connectivity index (χ0v) is 13.0. The van der Waals surface area contributed by atoms with Crippen LogP contribution in [0.5, 0.6) is 0 Å². The lowest BCUT2D eigenvalue weighted by molar-refractivity contribution is 0.470. The van der Waals surface area contributed by atoms with Gasteiger partial charge in [0.25, 0.3) is 10.0 Å². The standard InChI is InChI=1S/C10H13N3O3S3/c1-6-7(18-9(14)12-6)19(15,16)13-10(2,3)8-11-4-5-17-8/h4-5,13H,1-3H3,(H,12,14). The molecule has 0 radical (unpaired) electrons. The maximum Gasteiger partial charge on any atom is 0.305 e. The predicted octanol–water partition coefficient (Wildman–Crippen LogP) is 1.41. The largest absolute Gasteiger partial charge is 0.315 e. The number of aryl methyl sites for hydroxylation is 1. The molecule has 6 nitrogen and oxygen atoms in total. The number of sulfonamides is 1. The van der Waals surface area contributed by atoms with Crippen molar-refractivity contribution in [2.24, 2.45) is 0 Å². The van der Waals surface area contributed by atoms with E-state index in [2.05, 4.69) is 14.7 Å². The quantitative estimate of drug-likeness (QED) is 0.891. The van der Waals surface area contributed by atoms with Crippen LogP contribution in [-0.2, 0) is 15.6 Å². The summed E-state index contributed by atoms with van der Waals surface area (Å²) >= 11 is 2.05. The van der Waals surface area contributed by atoms with E-state index in [-0.39, 0.29) is 9.08 Å². The molecule has 104 valence electrons. The number of hydrogen-bond donors (Lipinski definition) is 2. The van der Waals surface area contributed by atoms with Gasteiger partial charge in [0.1, 0.15) is 5.01 Å². The molecule has 2 aromatic rings. The highest BCUT2D eigenvalue weighted by atomic mass is 32.2. The summed E-state index contributed by atoms with van der Waals surface area (Å²) in [6.45, 7) is 5.02. The molecule has 2 aromatic heterocycles. The fourth-order valence-electron chi connectivity index (χ4n) is 1.60. The zero-order chi connectivity index (χ0) is 14.3. The van der Waals surface area contributed by atoms with E-state index >= 15 is 0 Å². The number of aromatic amines is 1. The van der Waals surface area contributed by atoms with Gasteiger partial charge >= 0.3 is 4.87 Å². The van der Waals surface area contributed by atoms with Crippen molar-refractivity contribution >= 4 is 32.7 Å². The number of nitrogens with zero attached hydrogens (tertiary/aromatic N) is 1. The molecule has 0 spiro atoms. The van der Waals surface area contributed by atoms with Crippen LogP contribution in [0.3, 0.4) is 0 Å². The Morgan fingerprint density at radius 3 is 2.58 bits per heavy atom. The highest BCUT2D eigenvalue weighted by Gasteiger charge is 2.32. The number of nitrogens with one attached hydrogen (secondary N) is 2. The van der Waals surface area contributed by atoms with Crippen LogP contribution in [0.4, 0.5) is 0 Å². The summed E-state index contributed by atoms with van der Waals surface area (Å²) in [7, 11) is -3.75. The van der Waals surface area contributed by atoms with E-state index in [1.807, 2.05) is 0 Å². The topological polar surface area (TPSA) is 91.9 Å². The molecule has 0 aromatic carbocycles. The minimum Gasteiger partial charge on any atom is -0.315 e. The molecular formula is C10H13N3O3S3. The molecule has 0 bridgehead atoms. The van der Waals surface area contributed by atoms with Gasteiger partial charge in [-0.25, -0.2) is 13.4 Å². The molecular weight excluding hydrogens is 306 g/mol. The minimum absolute atomic E-state index is 0.0159. The Hall–Kier alpha value is -1.03. The van der Waals surface area contributed by atoms with Crippen LogP contribution in [0.1, 0.15) is 24.5 Å². The van der Waals surface area contributed by atoms with Gasteiger partial charge in [-0.3, -0.25) is 4.79 Å². The molecule has 0 aliphatic carbocycles. The number of thiazole rings is 2. The van der Waals surface area contributed by atoms with E-state index in [4.69, 9.17) is 0 Å². The summed E-state index contributed by atoms with van der Waals surface area (Å²) in [5.41, 5.74) is -0.482. The molecule has 0 amide bonds. The summed E-state index contributed by atoms with van der Waals surface area (Å²) in [5, 5.41) is 2.45. The van der Waals surface area contributed by atoms with E-state index < -0.39 is 15.6 Å². The van der Waals surface area contributed by atoms with E-state index in [1.54, 1.807) is 32.3 Å². The maximum atomic E-state index is 12.3. The van der Waals surface area contributed by atoms with Crippen LogP contribution in [0.25, 0.3) is 0 Å². The Balaban J connectivity index is 2.37. The number of aromatic nitrogens is 2. The second-order valence-corrected chi connectivity index (χ2v) is 8.25. The molecule has 0 atom stereocenters. The van der Waals surface area contributed by atoms with Crippen LogP contribution < -0.4 is 9.60 Å². The van der Waals surface area contributed by atoms with Gasteiger partial charge in [0.2, 0.25) is 0 Å². The van der Waals surface area contributed by atoms with Crippen LogP contribution in [0.15, 0.2) is 20.6 Å². The lowest BCUT2D eigenvalue weighted by Crippen LogP contribution is -2.40. The van der Waals surface area contributed by atoms with Gasteiger partial charge in [0.05, 0.1) is 5.54 Å². The third kappa shape index (κ3) is 2.94. The smallest absolute Gasteiger partial charge is 0.305 e. The van der Waals surface area contributed by atoms with Crippen molar-refractivity contribution < 1.29 is 8.42 Å². The molecule has 0 aliphatic rings. The zero-order valence-electron chi connectivity index (χ0n) is 10.6. The number of rotatable bonds is 4. The Kier molecular flexibility index (Phi) is 3.65. The van der Waals surface area contributed by atoms with Crippen LogP contribution in [0.2, 0.25) is 0 Å². The Bertz CT molecular complexity index is 726. The Morgan fingerprint density at radius 1 is 1.42 bits per heavy atom. The lowest BCUT2D eigenvalue weighted by atomic mass is 10.1. The fraction of sp³-hybridized carbons (Fsp3) is 0.400. The molecule has 0 aliphatic heterocycles. The highest BCUT2D eigenvalue weighted by Crippen LogP contribution is 2.26. The van der Waals surface area contributed by atoms with E-state index in [0.29, 0.717) is 22.0 Å². The maximum absolute atomic E-state index is 12.3. The monoisotopic (exact) mass is 319 g/mol. The van der Waals surface area contributed by atoms with E-state index in [1.165, 1.54) is 11.3 Å². The summed E-state index contributed by atoms with van der Waals surface area (Å²) < 4.78 is 27.2. The van der Waals surface area contributed by atoms with Crippen LogP contribution in [0, 0.1) is 6.92 Å². The van der Waals surface area contributed by atoms with E-state index in [9.17, 15) is 13.2 Å². The van der Waals surface area contributed by atoms with Gasteiger partial charge in [-0.15, -0.1) is 11.3 Å². The first-order valence-corrected chi connectivity index (χ1v) is 8.54. The molecule has 0 fully saturated rings. The van der Waals surface area contributed by atoms with Crippen molar-refractivity contribution in [3.63, 3.8) is 0 Å². The van der Waals surface area contributed by atoms with Gasteiger partial charge in [0, 0.05) is 17.3 Å². The third-order valence-electron chi connectivity index (χ3n) is 2.38. The summed E-state index contributed by atoms with van der Waals surface area (Å²) in [6.07, 6.45) is 1.62. The number of hydrogen-bond acceptors (Lipinski definition) is 6. The SMILES string of the molecule is Cc1[nH]c(=O)sc1S(=O)(=O)NC(C)(C)c1nccs1. The van der Waals surface area contributed by atoms with Gasteiger partial charge in [-0.2, -0.15) is 4.72 Å². The van der Waals surface area contributed by atoms with Gasteiger partial charge < -0.3 is 4.98 Å². The molecule has 2 rings (SSSR count). The Morgan fingerprint density at radius 2 is 2.11 bits per heavy atom. The second kappa shape index (κ2) is 4.82. The highest BCUT2D eigenvalue weighted by molar-refractivity contribution is 7.91. The Labute approximate surface area is 118 Å². The summed E-state index contributed by atoms with van der Waals surface area (Å²) in [4.78, 5) is 17.4.